The Bertz CT molecular complexity index is 257. The maximum atomic E-state index is 6.50. The number of rotatable bonds is 7. The molecule has 0 saturated heterocycles. The highest BCUT2D eigenvalue weighted by atomic mass is 16.5. The van der Waals surface area contributed by atoms with Crippen LogP contribution in [0, 0.1) is 5.92 Å². The predicted molar refractivity (Wildman–Crippen MR) is 80.3 cm³/mol. The van der Waals surface area contributed by atoms with E-state index < -0.39 is 0 Å². The van der Waals surface area contributed by atoms with Crippen molar-refractivity contribution in [3.05, 3.63) is 0 Å². The molecule has 1 aliphatic rings. The molecule has 0 bridgehead atoms. The van der Waals surface area contributed by atoms with E-state index in [9.17, 15) is 0 Å². The third kappa shape index (κ3) is 4.73. The third-order valence-electron chi connectivity index (χ3n) is 4.84. The largest absolute Gasteiger partial charge is 0.379 e. The van der Waals surface area contributed by atoms with E-state index in [0.717, 1.165) is 38.2 Å². The Hall–Kier alpha value is -0.120. The SMILES string of the molecule is CCOC1(C(N)CCC(C)(C)OC)CCC(C)CC1. The topological polar surface area (TPSA) is 44.5 Å². The lowest BCUT2D eigenvalue weighted by Crippen LogP contribution is -2.52. The molecule has 0 aromatic heterocycles. The summed E-state index contributed by atoms with van der Waals surface area (Å²) in [7, 11) is 1.77. The summed E-state index contributed by atoms with van der Waals surface area (Å²) in [6.45, 7) is 9.41. The first kappa shape index (κ1) is 16.9. The molecule has 0 amide bonds. The quantitative estimate of drug-likeness (QED) is 0.770. The van der Waals surface area contributed by atoms with Crippen LogP contribution < -0.4 is 5.73 Å². The molecule has 1 saturated carbocycles. The molecule has 1 atom stereocenters. The van der Waals surface area contributed by atoms with Gasteiger partial charge < -0.3 is 15.2 Å². The molecule has 114 valence electrons. The normalized spacial score (nSPS) is 30.3. The van der Waals surface area contributed by atoms with E-state index in [0.29, 0.717) is 0 Å². The number of ether oxygens (including phenoxy) is 2. The molecular formula is C16H33NO2. The molecule has 1 aliphatic carbocycles. The van der Waals surface area contributed by atoms with E-state index >= 15 is 0 Å². The smallest absolute Gasteiger partial charge is 0.0832 e. The van der Waals surface area contributed by atoms with Gasteiger partial charge in [0.1, 0.15) is 0 Å². The molecule has 0 spiro atoms. The highest BCUT2D eigenvalue weighted by Crippen LogP contribution is 2.38. The fraction of sp³-hybridized carbons (Fsp3) is 1.00. The average Bonchev–Trinajstić information content (AvgIpc) is 2.39. The summed E-state index contributed by atoms with van der Waals surface area (Å²) in [5.41, 5.74) is 6.31. The van der Waals surface area contributed by atoms with Crippen molar-refractivity contribution >= 4 is 0 Å². The summed E-state index contributed by atoms with van der Waals surface area (Å²) in [6.07, 6.45) is 6.64. The number of nitrogens with two attached hydrogens (primary N) is 1. The van der Waals surface area contributed by atoms with E-state index in [1.807, 2.05) is 0 Å². The highest BCUT2D eigenvalue weighted by Gasteiger charge is 2.40. The maximum Gasteiger partial charge on any atom is 0.0832 e. The molecule has 0 radical (unpaired) electrons. The van der Waals surface area contributed by atoms with Gasteiger partial charge >= 0.3 is 0 Å². The van der Waals surface area contributed by atoms with Crippen molar-refractivity contribution in [2.75, 3.05) is 13.7 Å². The van der Waals surface area contributed by atoms with Crippen molar-refractivity contribution in [1.82, 2.24) is 0 Å². The number of hydrogen-bond donors (Lipinski definition) is 1. The second kappa shape index (κ2) is 7.05. The van der Waals surface area contributed by atoms with E-state index in [1.165, 1.54) is 12.8 Å². The van der Waals surface area contributed by atoms with Crippen molar-refractivity contribution in [3.63, 3.8) is 0 Å². The molecule has 1 unspecified atom stereocenters. The van der Waals surface area contributed by atoms with Crippen LogP contribution in [0.3, 0.4) is 0 Å². The van der Waals surface area contributed by atoms with Crippen molar-refractivity contribution in [1.29, 1.82) is 0 Å². The fourth-order valence-corrected chi connectivity index (χ4v) is 3.03. The molecule has 3 nitrogen and oxygen atoms in total. The monoisotopic (exact) mass is 271 g/mol. The van der Waals surface area contributed by atoms with Crippen LogP contribution in [0.15, 0.2) is 0 Å². The van der Waals surface area contributed by atoms with Gasteiger partial charge in [0, 0.05) is 19.8 Å². The summed E-state index contributed by atoms with van der Waals surface area (Å²) >= 11 is 0. The lowest BCUT2D eigenvalue weighted by molar-refractivity contribution is -0.0939. The molecule has 0 aliphatic heterocycles. The van der Waals surface area contributed by atoms with Crippen molar-refractivity contribution in [2.24, 2.45) is 11.7 Å². The Kier molecular flexibility index (Phi) is 6.28. The third-order valence-corrected chi connectivity index (χ3v) is 4.84. The second-order valence-corrected chi connectivity index (χ2v) is 6.79. The highest BCUT2D eigenvalue weighted by molar-refractivity contribution is 4.95. The van der Waals surface area contributed by atoms with Gasteiger partial charge in [-0.15, -0.1) is 0 Å². The summed E-state index contributed by atoms with van der Waals surface area (Å²) in [6, 6.07) is 0.120. The molecule has 2 N–H and O–H groups in total. The standard InChI is InChI=1S/C16H33NO2/c1-6-19-16(11-7-13(2)8-12-16)14(17)9-10-15(3,4)18-5/h13-14H,6-12,17H2,1-5H3. The average molecular weight is 271 g/mol. The molecular weight excluding hydrogens is 238 g/mol. The van der Waals surface area contributed by atoms with Crippen LogP contribution in [0.1, 0.15) is 66.2 Å². The van der Waals surface area contributed by atoms with Crippen LogP contribution in [0.4, 0.5) is 0 Å². The number of hydrogen-bond acceptors (Lipinski definition) is 3. The van der Waals surface area contributed by atoms with Crippen LogP contribution in [0.25, 0.3) is 0 Å². The van der Waals surface area contributed by atoms with Crippen LogP contribution in [0.2, 0.25) is 0 Å². The Morgan fingerprint density at radius 3 is 2.37 bits per heavy atom. The van der Waals surface area contributed by atoms with Gasteiger partial charge in [-0.1, -0.05) is 6.92 Å². The lowest BCUT2D eigenvalue weighted by atomic mass is 9.74. The summed E-state index contributed by atoms with van der Waals surface area (Å²) in [5, 5.41) is 0. The van der Waals surface area contributed by atoms with Crippen molar-refractivity contribution in [2.45, 2.75) is 83.5 Å². The second-order valence-electron chi connectivity index (χ2n) is 6.79. The summed E-state index contributed by atoms with van der Waals surface area (Å²) in [5.74, 6) is 0.816. The molecule has 0 aromatic carbocycles. The van der Waals surface area contributed by atoms with Gasteiger partial charge in [0.15, 0.2) is 0 Å². The zero-order valence-electron chi connectivity index (χ0n) is 13.5. The van der Waals surface area contributed by atoms with Gasteiger partial charge in [-0.05, 0) is 65.2 Å². The fourth-order valence-electron chi connectivity index (χ4n) is 3.03. The van der Waals surface area contributed by atoms with E-state index in [2.05, 4.69) is 27.7 Å². The van der Waals surface area contributed by atoms with Crippen LogP contribution in [-0.4, -0.2) is 31.0 Å². The van der Waals surface area contributed by atoms with Crippen molar-refractivity contribution in [3.8, 4) is 0 Å². The molecule has 19 heavy (non-hydrogen) atoms. The lowest BCUT2D eigenvalue weighted by Gasteiger charge is -2.44. The Balaban J connectivity index is 2.60. The van der Waals surface area contributed by atoms with E-state index in [4.69, 9.17) is 15.2 Å². The first-order valence-corrected chi connectivity index (χ1v) is 7.80. The van der Waals surface area contributed by atoms with E-state index in [-0.39, 0.29) is 17.2 Å². The molecule has 1 rings (SSSR count). The first-order chi connectivity index (χ1) is 8.85. The van der Waals surface area contributed by atoms with Gasteiger partial charge in [0.05, 0.1) is 11.2 Å². The first-order valence-electron chi connectivity index (χ1n) is 7.80. The molecule has 0 aromatic rings. The summed E-state index contributed by atoms with van der Waals surface area (Å²) < 4.78 is 11.6. The predicted octanol–water partition coefficient (Wildman–Crippen LogP) is 3.50. The van der Waals surface area contributed by atoms with Gasteiger partial charge in [-0.3, -0.25) is 0 Å². The zero-order valence-corrected chi connectivity index (χ0v) is 13.5. The Morgan fingerprint density at radius 1 is 1.32 bits per heavy atom. The minimum absolute atomic E-state index is 0.0903. The molecule has 0 heterocycles. The summed E-state index contributed by atoms with van der Waals surface area (Å²) in [4.78, 5) is 0. The van der Waals surface area contributed by atoms with Crippen molar-refractivity contribution < 1.29 is 9.47 Å². The minimum atomic E-state index is -0.0922. The van der Waals surface area contributed by atoms with Crippen LogP contribution >= 0.6 is 0 Å². The van der Waals surface area contributed by atoms with Crippen LogP contribution in [0.5, 0.6) is 0 Å². The number of methoxy groups -OCH3 is 1. The maximum absolute atomic E-state index is 6.50. The molecule has 3 heteroatoms. The van der Waals surface area contributed by atoms with Gasteiger partial charge in [-0.25, -0.2) is 0 Å². The van der Waals surface area contributed by atoms with Crippen LogP contribution in [-0.2, 0) is 9.47 Å². The molecule has 1 fully saturated rings. The minimum Gasteiger partial charge on any atom is -0.379 e. The van der Waals surface area contributed by atoms with Gasteiger partial charge in [0.2, 0.25) is 0 Å². The zero-order chi connectivity index (χ0) is 14.5. The van der Waals surface area contributed by atoms with Gasteiger partial charge in [0.25, 0.3) is 0 Å². The Morgan fingerprint density at radius 2 is 1.89 bits per heavy atom. The van der Waals surface area contributed by atoms with E-state index in [1.54, 1.807) is 7.11 Å². The van der Waals surface area contributed by atoms with Gasteiger partial charge in [-0.2, -0.15) is 0 Å². The Labute approximate surface area is 119 Å².